The molecule has 1 aromatic heterocycles. The molecule has 0 saturated carbocycles. The maximum Gasteiger partial charge on any atom is 0.179 e. The Morgan fingerprint density at radius 1 is 0.967 bits per heavy atom. The van der Waals surface area contributed by atoms with Gasteiger partial charge in [-0.1, -0.05) is 48.5 Å². The lowest BCUT2D eigenvalue weighted by atomic mass is 10.1. The maximum absolute atomic E-state index is 12.2. The second kappa shape index (κ2) is 9.78. The predicted molar refractivity (Wildman–Crippen MR) is 124 cm³/mol. The van der Waals surface area contributed by atoms with Crippen LogP contribution in [0.5, 0.6) is 0 Å². The molecule has 2 aromatic carbocycles. The number of aromatic nitrogens is 1. The van der Waals surface area contributed by atoms with E-state index in [4.69, 9.17) is 11.6 Å². The number of carbonyl (C=O) groups is 1. The van der Waals surface area contributed by atoms with Gasteiger partial charge in [0.1, 0.15) is 0 Å². The van der Waals surface area contributed by atoms with Crippen LogP contribution in [0.2, 0.25) is 0 Å². The van der Waals surface area contributed by atoms with Gasteiger partial charge in [0.15, 0.2) is 5.78 Å². The summed E-state index contributed by atoms with van der Waals surface area (Å²) in [5.74, 6) is 0.0231. The molecule has 0 radical (unpaired) electrons. The molecular formula is C25H30ClN3O. The van der Waals surface area contributed by atoms with E-state index in [-0.39, 0.29) is 11.7 Å². The molecule has 2 heterocycles. The van der Waals surface area contributed by atoms with Gasteiger partial charge < -0.3 is 9.47 Å². The Balaban J connectivity index is 1.30. The monoisotopic (exact) mass is 423 g/mol. The number of nitrogens with zero attached hydrogens (tertiary/aromatic N) is 3. The van der Waals surface area contributed by atoms with Gasteiger partial charge >= 0.3 is 0 Å². The molecule has 1 unspecified atom stereocenters. The van der Waals surface area contributed by atoms with E-state index in [0.717, 1.165) is 62.2 Å². The van der Waals surface area contributed by atoms with E-state index in [0.29, 0.717) is 6.04 Å². The highest BCUT2D eigenvalue weighted by Crippen LogP contribution is 2.23. The van der Waals surface area contributed by atoms with Crippen LogP contribution in [-0.4, -0.2) is 58.8 Å². The molecule has 1 aliphatic heterocycles. The van der Waals surface area contributed by atoms with E-state index in [1.54, 1.807) is 0 Å². The number of piperazine rings is 1. The van der Waals surface area contributed by atoms with Gasteiger partial charge in [0, 0.05) is 61.4 Å². The van der Waals surface area contributed by atoms with E-state index in [1.165, 1.54) is 5.56 Å². The van der Waals surface area contributed by atoms with E-state index in [2.05, 4.69) is 57.7 Å². The zero-order valence-corrected chi connectivity index (χ0v) is 18.4. The summed E-state index contributed by atoms with van der Waals surface area (Å²) in [4.78, 5) is 17.3. The molecule has 3 aromatic rings. The summed E-state index contributed by atoms with van der Waals surface area (Å²) in [5, 5.41) is 1.01. The number of fused-ring (bicyclic) bond motifs is 1. The number of ketones is 1. The van der Waals surface area contributed by atoms with Crippen LogP contribution in [0.4, 0.5) is 0 Å². The fraction of sp³-hybridized carbons (Fsp3) is 0.400. The van der Waals surface area contributed by atoms with Crippen LogP contribution in [0, 0.1) is 0 Å². The average molecular weight is 424 g/mol. The number of para-hydroxylation sites is 1. The Morgan fingerprint density at radius 3 is 2.40 bits per heavy atom. The van der Waals surface area contributed by atoms with Gasteiger partial charge in [0.2, 0.25) is 0 Å². The number of halogens is 1. The van der Waals surface area contributed by atoms with Gasteiger partial charge in [-0.2, -0.15) is 0 Å². The van der Waals surface area contributed by atoms with Crippen LogP contribution in [-0.2, 0) is 6.54 Å². The minimum atomic E-state index is -0.00438. The number of aryl methyl sites for hydroxylation is 1. The SMILES string of the molecule is CC(c1ccccc1)N1CCN(CCCn2cc(C(=O)CCl)c3ccccc32)CC1. The maximum atomic E-state index is 12.2. The van der Waals surface area contributed by atoms with E-state index < -0.39 is 0 Å². The van der Waals surface area contributed by atoms with Crippen molar-refractivity contribution in [3.05, 3.63) is 71.9 Å². The summed E-state index contributed by atoms with van der Waals surface area (Å²) in [6.07, 6.45) is 3.05. The van der Waals surface area contributed by atoms with Gasteiger partial charge in [-0.15, -0.1) is 11.6 Å². The Labute approximate surface area is 184 Å². The Hall–Kier alpha value is -2.14. The first kappa shape index (κ1) is 21.1. The molecule has 0 N–H and O–H groups in total. The van der Waals surface area contributed by atoms with E-state index >= 15 is 0 Å². The number of rotatable bonds is 8. The van der Waals surface area contributed by atoms with Crippen LogP contribution in [0.1, 0.15) is 35.3 Å². The van der Waals surface area contributed by atoms with Gasteiger partial charge in [-0.3, -0.25) is 9.69 Å². The quantitative estimate of drug-likeness (QED) is 0.383. The fourth-order valence-corrected chi connectivity index (χ4v) is 4.65. The molecule has 158 valence electrons. The molecular weight excluding hydrogens is 394 g/mol. The first-order valence-electron chi connectivity index (χ1n) is 10.9. The van der Waals surface area contributed by atoms with Crippen molar-refractivity contribution in [3.63, 3.8) is 0 Å². The fourth-order valence-electron chi connectivity index (χ4n) is 4.51. The van der Waals surface area contributed by atoms with Crippen LogP contribution in [0.15, 0.2) is 60.8 Å². The standard InChI is InChI=1S/C25H30ClN3O/c1-20(21-8-3-2-4-9-21)28-16-14-27(15-17-28)12-7-13-29-19-23(25(30)18-26)22-10-5-6-11-24(22)29/h2-6,8-11,19-20H,7,12-18H2,1H3. The van der Waals surface area contributed by atoms with Crippen LogP contribution in [0.25, 0.3) is 10.9 Å². The lowest BCUT2D eigenvalue weighted by molar-refractivity contribution is 0.101. The highest BCUT2D eigenvalue weighted by Gasteiger charge is 2.21. The van der Waals surface area contributed by atoms with Gasteiger partial charge in [0.05, 0.1) is 5.88 Å². The molecule has 0 spiro atoms. The van der Waals surface area contributed by atoms with Crippen LogP contribution >= 0.6 is 11.6 Å². The summed E-state index contributed by atoms with van der Waals surface area (Å²) in [6, 6.07) is 19.4. The normalized spacial score (nSPS) is 16.7. The number of alkyl halides is 1. The third-order valence-corrected chi connectivity index (χ3v) is 6.56. The van der Waals surface area contributed by atoms with E-state index in [1.807, 2.05) is 24.4 Å². The highest BCUT2D eigenvalue weighted by molar-refractivity contribution is 6.32. The summed E-state index contributed by atoms with van der Waals surface area (Å²) >= 11 is 5.81. The smallest absolute Gasteiger partial charge is 0.179 e. The topological polar surface area (TPSA) is 28.5 Å². The number of benzene rings is 2. The average Bonchev–Trinajstić information content (AvgIpc) is 3.18. The molecule has 5 heteroatoms. The van der Waals surface area contributed by atoms with Crippen molar-refractivity contribution in [3.8, 4) is 0 Å². The first-order valence-corrected chi connectivity index (χ1v) is 11.4. The second-order valence-electron chi connectivity index (χ2n) is 8.13. The number of hydrogen-bond donors (Lipinski definition) is 0. The molecule has 4 nitrogen and oxygen atoms in total. The largest absolute Gasteiger partial charge is 0.347 e. The van der Waals surface area contributed by atoms with Gasteiger partial charge in [-0.05, 0) is 31.5 Å². The van der Waals surface area contributed by atoms with Crippen molar-refractivity contribution in [2.75, 3.05) is 38.6 Å². The molecule has 4 rings (SSSR count). The number of hydrogen-bond acceptors (Lipinski definition) is 3. The Bertz CT molecular complexity index is 976. The molecule has 0 bridgehead atoms. The lowest BCUT2D eigenvalue weighted by Crippen LogP contribution is -2.47. The number of Topliss-reactive ketones (excluding diaryl/α,β-unsaturated/α-hetero) is 1. The van der Waals surface area contributed by atoms with Crippen molar-refractivity contribution in [2.24, 2.45) is 0 Å². The van der Waals surface area contributed by atoms with E-state index in [9.17, 15) is 4.79 Å². The molecule has 30 heavy (non-hydrogen) atoms. The molecule has 0 amide bonds. The summed E-state index contributed by atoms with van der Waals surface area (Å²) in [5.41, 5.74) is 3.25. The lowest BCUT2D eigenvalue weighted by Gasteiger charge is -2.38. The zero-order chi connectivity index (χ0) is 20.9. The molecule has 1 fully saturated rings. The molecule has 1 atom stereocenters. The second-order valence-corrected chi connectivity index (χ2v) is 8.40. The summed E-state index contributed by atoms with van der Waals surface area (Å²) in [7, 11) is 0. The molecule has 1 saturated heterocycles. The minimum Gasteiger partial charge on any atom is -0.347 e. The Morgan fingerprint density at radius 2 is 1.67 bits per heavy atom. The third kappa shape index (κ3) is 4.61. The first-order chi connectivity index (χ1) is 14.7. The minimum absolute atomic E-state index is 0.00438. The molecule has 0 aliphatic carbocycles. The van der Waals surface area contributed by atoms with Crippen molar-refractivity contribution in [1.82, 2.24) is 14.4 Å². The zero-order valence-electron chi connectivity index (χ0n) is 17.6. The summed E-state index contributed by atoms with van der Waals surface area (Å²) in [6.45, 7) is 8.74. The third-order valence-electron chi connectivity index (χ3n) is 6.32. The van der Waals surface area contributed by atoms with Crippen molar-refractivity contribution >= 4 is 28.3 Å². The van der Waals surface area contributed by atoms with Crippen LogP contribution in [0.3, 0.4) is 0 Å². The summed E-state index contributed by atoms with van der Waals surface area (Å²) < 4.78 is 2.21. The van der Waals surface area contributed by atoms with Crippen molar-refractivity contribution in [1.29, 1.82) is 0 Å². The van der Waals surface area contributed by atoms with Crippen LogP contribution < -0.4 is 0 Å². The number of carbonyl (C=O) groups excluding carboxylic acids is 1. The van der Waals surface area contributed by atoms with Crippen molar-refractivity contribution in [2.45, 2.75) is 25.9 Å². The van der Waals surface area contributed by atoms with Gasteiger partial charge in [-0.25, -0.2) is 0 Å². The molecule has 1 aliphatic rings. The predicted octanol–water partition coefficient (Wildman–Crippen LogP) is 4.83. The van der Waals surface area contributed by atoms with Crippen molar-refractivity contribution < 1.29 is 4.79 Å². The van der Waals surface area contributed by atoms with Gasteiger partial charge in [0.25, 0.3) is 0 Å². The highest BCUT2D eigenvalue weighted by atomic mass is 35.5. The Kier molecular flexibility index (Phi) is 6.88.